The van der Waals surface area contributed by atoms with Gasteiger partial charge in [0.05, 0.1) is 5.56 Å². The van der Waals surface area contributed by atoms with Gasteiger partial charge in [0, 0.05) is 5.39 Å². The Labute approximate surface area is 122 Å². The SMILES string of the molecule is CC(=O)/C=C/c1oc2ccc(C)cc2c1-c1ccc(C)o1. The van der Waals surface area contributed by atoms with Crippen molar-refractivity contribution in [1.29, 1.82) is 0 Å². The first-order chi connectivity index (χ1) is 10.0. The molecule has 0 unspecified atom stereocenters. The summed E-state index contributed by atoms with van der Waals surface area (Å²) in [6.07, 6.45) is 3.20. The smallest absolute Gasteiger partial charge is 0.152 e. The Kier molecular flexibility index (Phi) is 3.26. The topological polar surface area (TPSA) is 43.4 Å². The minimum atomic E-state index is -0.0202. The Morgan fingerprint density at radius 2 is 1.90 bits per heavy atom. The number of furan rings is 2. The zero-order chi connectivity index (χ0) is 15.0. The lowest BCUT2D eigenvalue weighted by Crippen LogP contribution is -1.81. The average Bonchev–Trinajstić information content (AvgIpc) is 2.99. The van der Waals surface area contributed by atoms with E-state index in [1.54, 1.807) is 6.08 Å². The molecule has 0 bridgehead atoms. The van der Waals surface area contributed by atoms with Crippen LogP contribution >= 0.6 is 0 Å². The number of aryl methyl sites for hydroxylation is 2. The molecular formula is C18H16O3. The maximum Gasteiger partial charge on any atom is 0.152 e. The number of rotatable bonds is 3. The molecule has 21 heavy (non-hydrogen) atoms. The van der Waals surface area contributed by atoms with Gasteiger partial charge in [-0.25, -0.2) is 0 Å². The van der Waals surface area contributed by atoms with Crippen LogP contribution in [0.5, 0.6) is 0 Å². The fourth-order valence-corrected chi connectivity index (χ4v) is 2.36. The maximum absolute atomic E-state index is 11.2. The molecule has 0 aliphatic carbocycles. The predicted molar refractivity (Wildman–Crippen MR) is 83.1 cm³/mol. The number of benzene rings is 1. The third-order valence-corrected chi connectivity index (χ3v) is 3.33. The van der Waals surface area contributed by atoms with E-state index in [0.29, 0.717) is 5.76 Å². The van der Waals surface area contributed by atoms with Crippen molar-refractivity contribution in [3.8, 4) is 11.3 Å². The molecule has 0 atom stereocenters. The van der Waals surface area contributed by atoms with Crippen molar-refractivity contribution in [2.45, 2.75) is 20.8 Å². The number of carbonyl (C=O) groups excluding carboxylic acids is 1. The summed E-state index contributed by atoms with van der Waals surface area (Å²) in [7, 11) is 0. The lowest BCUT2D eigenvalue weighted by Gasteiger charge is -1.97. The summed E-state index contributed by atoms with van der Waals surface area (Å²) in [6.45, 7) is 5.46. The summed E-state index contributed by atoms with van der Waals surface area (Å²) < 4.78 is 11.6. The number of allylic oxidation sites excluding steroid dienone is 1. The standard InChI is InChI=1S/C18H16O3/c1-11-4-7-15-14(10-11)18(16-9-6-13(3)20-16)17(21-15)8-5-12(2)19/h4-10H,1-3H3/b8-5+. The molecular weight excluding hydrogens is 264 g/mol. The van der Waals surface area contributed by atoms with Crippen molar-refractivity contribution in [3.05, 3.63) is 53.5 Å². The summed E-state index contributed by atoms with van der Waals surface area (Å²) >= 11 is 0. The first kappa shape index (κ1) is 13.4. The third kappa shape index (κ3) is 2.55. The van der Waals surface area contributed by atoms with Crippen LogP contribution < -0.4 is 0 Å². The van der Waals surface area contributed by atoms with E-state index in [4.69, 9.17) is 8.83 Å². The summed E-state index contributed by atoms with van der Waals surface area (Å²) in [5.74, 6) is 2.21. The molecule has 3 nitrogen and oxygen atoms in total. The van der Waals surface area contributed by atoms with E-state index < -0.39 is 0 Å². The zero-order valence-corrected chi connectivity index (χ0v) is 12.3. The summed E-state index contributed by atoms with van der Waals surface area (Å²) in [5.41, 5.74) is 2.82. The Morgan fingerprint density at radius 1 is 1.10 bits per heavy atom. The van der Waals surface area contributed by atoms with Crippen LogP contribution in [0.25, 0.3) is 28.4 Å². The molecule has 3 rings (SSSR count). The van der Waals surface area contributed by atoms with Gasteiger partial charge in [-0.1, -0.05) is 11.6 Å². The fourth-order valence-electron chi connectivity index (χ4n) is 2.36. The van der Waals surface area contributed by atoms with E-state index in [1.807, 2.05) is 38.1 Å². The predicted octanol–water partition coefficient (Wildman–Crippen LogP) is 4.91. The molecule has 0 fully saturated rings. The van der Waals surface area contributed by atoms with Gasteiger partial charge < -0.3 is 8.83 Å². The number of hydrogen-bond acceptors (Lipinski definition) is 3. The largest absolute Gasteiger partial charge is 0.461 e. The van der Waals surface area contributed by atoms with Gasteiger partial charge in [-0.3, -0.25) is 4.79 Å². The van der Waals surface area contributed by atoms with Gasteiger partial charge in [0.15, 0.2) is 5.78 Å². The van der Waals surface area contributed by atoms with E-state index in [9.17, 15) is 4.79 Å². The van der Waals surface area contributed by atoms with Crippen molar-refractivity contribution < 1.29 is 13.6 Å². The lowest BCUT2D eigenvalue weighted by molar-refractivity contribution is -0.112. The van der Waals surface area contributed by atoms with Crippen LogP contribution in [0.1, 0.15) is 24.0 Å². The molecule has 0 aliphatic heterocycles. The van der Waals surface area contributed by atoms with Crippen LogP contribution in [-0.2, 0) is 4.79 Å². The van der Waals surface area contributed by atoms with Crippen molar-refractivity contribution >= 4 is 22.8 Å². The van der Waals surface area contributed by atoms with E-state index in [-0.39, 0.29) is 5.78 Å². The Balaban J connectivity index is 2.28. The molecule has 0 saturated carbocycles. The van der Waals surface area contributed by atoms with Crippen LogP contribution in [0.3, 0.4) is 0 Å². The van der Waals surface area contributed by atoms with Gasteiger partial charge >= 0.3 is 0 Å². The highest BCUT2D eigenvalue weighted by Gasteiger charge is 2.17. The Hall–Kier alpha value is -2.55. The van der Waals surface area contributed by atoms with Crippen molar-refractivity contribution in [1.82, 2.24) is 0 Å². The molecule has 0 amide bonds. The van der Waals surface area contributed by atoms with Crippen LogP contribution in [-0.4, -0.2) is 5.78 Å². The third-order valence-electron chi connectivity index (χ3n) is 3.33. The first-order valence-electron chi connectivity index (χ1n) is 6.83. The molecule has 0 aliphatic rings. The maximum atomic E-state index is 11.2. The van der Waals surface area contributed by atoms with E-state index in [2.05, 4.69) is 6.07 Å². The fraction of sp³-hybridized carbons (Fsp3) is 0.167. The second-order valence-corrected chi connectivity index (χ2v) is 5.20. The van der Waals surface area contributed by atoms with Crippen molar-refractivity contribution in [2.24, 2.45) is 0 Å². The molecule has 3 aromatic rings. The van der Waals surface area contributed by atoms with Crippen LogP contribution in [0.2, 0.25) is 0 Å². The van der Waals surface area contributed by atoms with Crippen molar-refractivity contribution in [2.75, 3.05) is 0 Å². The Morgan fingerprint density at radius 3 is 2.57 bits per heavy atom. The minimum Gasteiger partial charge on any atom is -0.461 e. The van der Waals surface area contributed by atoms with E-state index >= 15 is 0 Å². The quantitative estimate of drug-likeness (QED) is 0.640. The van der Waals surface area contributed by atoms with Gasteiger partial charge in [0.2, 0.25) is 0 Å². The van der Waals surface area contributed by atoms with Crippen LogP contribution in [0.4, 0.5) is 0 Å². The number of hydrogen-bond donors (Lipinski definition) is 0. The normalized spacial score (nSPS) is 11.6. The highest BCUT2D eigenvalue weighted by Crippen LogP contribution is 2.37. The van der Waals surface area contributed by atoms with Gasteiger partial charge in [0.1, 0.15) is 22.9 Å². The molecule has 0 radical (unpaired) electrons. The van der Waals surface area contributed by atoms with Crippen LogP contribution in [0.15, 0.2) is 45.2 Å². The van der Waals surface area contributed by atoms with E-state index in [1.165, 1.54) is 13.0 Å². The van der Waals surface area contributed by atoms with Gasteiger partial charge in [0.25, 0.3) is 0 Å². The summed E-state index contributed by atoms with van der Waals surface area (Å²) in [5, 5.41) is 0.993. The highest BCUT2D eigenvalue weighted by molar-refractivity contribution is 5.99. The van der Waals surface area contributed by atoms with Gasteiger partial charge in [-0.05, 0) is 57.2 Å². The summed E-state index contributed by atoms with van der Waals surface area (Å²) in [6, 6.07) is 9.85. The second-order valence-electron chi connectivity index (χ2n) is 5.20. The molecule has 0 N–H and O–H groups in total. The Bertz CT molecular complexity index is 847. The van der Waals surface area contributed by atoms with Gasteiger partial charge in [-0.2, -0.15) is 0 Å². The van der Waals surface area contributed by atoms with Crippen molar-refractivity contribution in [3.63, 3.8) is 0 Å². The highest BCUT2D eigenvalue weighted by atomic mass is 16.4. The second kappa shape index (κ2) is 5.09. The summed E-state index contributed by atoms with van der Waals surface area (Å²) in [4.78, 5) is 11.2. The monoisotopic (exact) mass is 280 g/mol. The van der Waals surface area contributed by atoms with Gasteiger partial charge in [-0.15, -0.1) is 0 Å². The molecule has 0 spiro atoms. The molecule has 0 saturated heterocycles. The van der Waals surface area contributed by atoms with Crippen LogP contribution in [0, 0.1) is 13.8 Å². The van der Waals surface area contributed by atoms with E-state index in [0.717, 1.165) is 33.6 Å². The zero-order valence-electron chi connectivity index (χ0n) is 12.3. The molecule has 2 heterocycles. The lowest BCUT2D eigenvalue weighted by atomic mass is 10.1. The first-order valence-corrected chi connectivity index (χ1v) is 6.83. The number of carbonyl (C=O) groups is 1. The number of fused-ring (bicyclic) bond motifs is 1. The number of ketones is 1. The molecule has 106 valence electrons. The molecule has 3 heteroatoms. The minimum absolute atomic E-state index is 0.0202. The average molecular weight is 280 g/mol. The molecule has 1 aromatic carbocycles. The molecule has 2 aromatic heterocycles.